The van der Waals surface area contributed by atoms with Crippen molar-refractivity contribution in [3.63, 3.8) is 0 Å². The molecule has 1 fully saturated rings. The molecule has 1 saturated heterocycles. The Morgan fingerprint density at radius 3 is 2.07 bits per heavy atom. The SMILES string of the molecule is CON=C(C(=O)NC1C(=O)N2C(C(=O)O)=CSCC12)c1csc(NC(c2ccccc2)(c2ccccc2)c2ccccc2)n1. The summed E-state index contributed by atoms with van der Waals surface area (Å²) in [7, 11) is 1.32. The number of carbonyl (C=O) groups is 3. The molecule has 10 nitrogen and oxygen atoms in total. The van der Waals surface area contributed by atoms with Crippen LogP contribution in [0.2, 0.25) is 0 Å². The van der Waals surface area contributed by atoms with Crippen LogP contribution in [0, 0.1) is 0 Å². The van der Waals surface area contributed by atoms with Crippen molar-refractivity contribution in [3.8, 4) is 0 Å². The van der Waals surface area contributed by atoms with Gasteiger partial charge in [-0.3, -0.25) is 14.5 Å². The largest absolute Gasteiger partial charge is 0.477 e. The lowest BCUT2D eigenvalue weighted by Gasteiger charge is -2.48. The van der Waals surface area contributed by atoms with Crippen LogP contribution in [0.25, 0.3) is 0 Å². The Morgan fingerprint density at radius 1 is 0.977 bits per heavy atom. The molecule has 2 unspecified atom stereocenters. The number of aliphatic carboxylic acids is 1. The zero-order valence-electron chi connectivity index (χ0n) is 23.4. The van der Waals surface area contributed by atoms with Crippen molar-refractivity contribution in [1.82, 2.24) is 15.2 Å². The summed E-state index contributed by atoms with van der Waals surface area (Å²) in [6.07, 6.45) is 0. The predicted molar refractivity (Wildman–Crippen MR) is 169 cm³/mol. The Balaban J connectivity index is 1.31. The number of carboxylic acids is 1. The van der Waals surface area contributed by atoms with Gasteiger partial charge in [0, 0.05) is 16.5 Å². The molecular weight excluding hydrogens is 599 g/mol. The molecule has 222 valence electrons. The number of β-lactam (4-membered cyclic amide) rings is 1. The van der Waals surface area contributed by atoms with Crippen LogP contribution in [0.5, 0.6) is 0 Å². The summed E-state index contributed by atoms with van der Waals surface area (Å²) in [6.45, 7) is 0. The Morgan fingerprint density at radius 2 is 1.55 bits per heavy atom. The van der Waals surface area contributed by atoms with Crippen LogP contribution in [0.1, 0.15) is 22.4 Å². The van der Waals surface area contributed by atoms with Gasteiger partial charge in [-0.15, -0.1) is 23.1 Å². The van der Waals surface area contributed by atoms with Gasteiger partial charge in [0.25, 0.3) is 11.8 Å². The Labute approximate surface area is 261 Å². The van der Waals surface area contributed by atoms with Crippen molar-refractivity contribution < 1.29 is 24.3 Å². The van der Waals surface area contributed by atoms with Crippen LogP contribution in [-0.4, -0.2) is 63.4 Å². The zero-order valence-corrected chi connectivity index (χ0v) is 25.0. The number of carbonyl (C=O) groups excluding carboxylic acids is 2. The lowest BCUT2D eigenvalue weighted by molar-refractivity contribution is -0.153. The molecule has 2 amide bonds. The van der Waals surface area contributed by atoms with Crippen LogP contribution >= 0.6 is 23.1 Å². The molecule has 0 radical (unpaired) electrons. The van der Waals surface area contributed by atoms with Gasteiger partial charge in [0.2, 0.25) is 0 Å². The fourth-order valence-corrected chi connectivity index (χ4v) is 7.25. The molecule has 44 heavy (non-hydrogen) atoms. The zero-order chi connectivity index (χ0) is 30.7. The monoisotopic (exact) mass is 625 g/mol. The average molecular weight is 626 g/mol. The summed E-state index contributed by atoms with van der Waals surface area (Å²) in [5.41, 5.74) is 2.21. The van der Waals surface area contributed by atoms with Crippen molar-refractivity contribution in [2.45, 2.75) is 17.6 Å². The first-order chi connectivity index (χ1) is 21.4. The average Bonchev–Trinajstić information content (AvgIpc) is 3.53. The van der Waals surface area contributed by atoms with E-state index in [9.17, 15) is 19.5 Å². The smallest absolute Gasteiger partial charge is 0.353 e. The molecule has 2 aliphatic heterocycles. The maximum atomic E-state index is 13.4. The number of nitrogens with one attached hydrogen (secondary N) is 2. The van der Waals surface area contributed by atoms with Gasteiger partial charge in [0.15, 0.2) is 10.8 Å². The number of nitrogens with zero attached hydrogens (tertiary/aromatic N) is 3. The molecule has 0 spiro atoms. The number of benzene rings is 3. The minimum absolute atomic E-state index is 0.0959. The normalized spacial score (nSPS) is 18.0. The minimum Gasteiger partial charge on any atom is -0.477 e. The summed E-state index contributed by atoms with van der Waals surface area (Å²) in [5.74, 6) is -1.89. The number of oxime groups is 1. The first kappa shape index (κ1) is 29.1. The minimum atomic E-state index is -1.19. The van der Waals surface area contributed by atoms with Gasteiger partial charge in [0.1, 0.15) is 30.1 Å². The molecule has 0 aliphatic carbocycles. The summed E-state index contributed by atoms with van der Waals surface area (Å²) in [4.78, 5) is 48.8. The van der Waals surface area contributed by atoms with Crippen LogP contribution < -0.4 is 10.6 Å². The maximum Gasteiger partial charge on any atom is 0.353 e. The number of anilines is 1. The highest BCUT2D eigenvalue weighted by Crippen LogP contribution is 2.41. The molecule has 3 N–H and O–H groups in total. The van der Waals surface area contributed by atoms with E-state index in [1.54, 1.807) is 5.38 Å². The molecule has 2 aliphatic rings. The van der Waals surface area contributed by atoms with Crippen molar-refractivity contribution in [3.05, 3.63) is 130 Å². The highest BCUT2D eigenvalue weighted by atomic mass is 32.2. The molecule has 2 atom stereocenters. The van der Waals surface area contributed by atoms with Crippen molar-refractivity contribution in [2.75, 3.05) is 18.2 Å². The van der Waals surface area contributed by atoms with E-state index in [1.807, 2.05) is 54.6 Å². The first-order valence-corrected chi connectivity index (χ1v) is 15.6. The standard InChI is InChI=1S/C32H27N5O5S2/c1-42-36-26(28(38)34-27-24-18-43-19-25(30(40)41)37(24)29(27)39)23-17-44-31(33-23)35-32(20-11-5-2-6-12-20,21-13-7-3-8-14-21)22-15-9-4-10-16-22/h2-17,19,24,27H,18H2,1H3,(H,33,35)(H,34,38)(H,40,41). The number of hydrogen-bond donors (Lipinski definition) is 3. The van der Waals surface area contributed by atoms with E-state index in [-0.39, 0.29) is 17.1 Å². The van der Waals surface area contributed by atoms with Crippen molar-refractivity contribution >= 4 is 51.7 Å². The molecule has 6 rings (SSSR count). The highest BCUT2D eigenvalue weighted by molar-refractivity contribution is 8.02. The Hall–Kier alpha value is -4.94. The van der Waals surface area contributed by atoms with Gasteiger partial charge in [-0.25, -0.2) is 9.78 Å². The Kier molecular flexibility index (Phi) is 8.18. The van der Waals surface area contributed by atoms with Gasteiger partial charge in [0.05, 0.1) is 6.04 Å². The number of thioether (sulfide) groups is 1. The number of rotatable bonds is 10. The van der Waals surface area contributed by atoms with Gasteiger partial charge in [-0.2, -0.15) is 0 Å². The van der Waals surface area contributed by atoms with Crippen molar-refractivity contribution in [2.24, 2.45) is 5.16 Å². The molecule has 3 heterocycles. The summed E-state index contributed by atoms with van der Waals surface area (Å²) >= 11 is 2.59. The molecule has 4 aromatic rings. The quantitative estimate of drug-likeness (QED) is 0.103. The van der Waals surface area contributed by atoms with Gasteiger partial charge >= 0.3 is 5.97 Å². The summed E-state index contributed by atoms with van der Waals surface area (Å²) in [5, 5.41) is 23.4. The van der Waals surface area contributed by atoms with Crippen LogP contribution in [0.3, 0.4) is 0 Å². The number of amides is 2. The van der Waals surface area contributed by atoms with E-state index in [0.717, 1.165) is 16.7 Å². The van der Waals surface area contributed by atoms with E-state index in [4.69, 9.17) is 9.82 Å². The summed E-state index contributed by atoms with van der Waals surface area (Å²) < 4.78 is 0. The number of hydrogen-bond acceptors (Lipinski definition) is 9. The third-order valence-corrected chi connectivity index (χ3v) is 9.19. The van der Waals surface area contributed by atoms with Gasteiger partial charge in [-0.05, 0) is 16.7 Å². The fraction of sp³-hybridized carbons (Fsp3) is 0.156. The van der Waals surface area contributed by atoms with E-state index in [1.165, 1.54) is 40.5 Å². The van der Waals surface area contributed by atoms with E-state index in [0.29, 0.717) is 10.9 Å². The second-order valence-electron chi connectivity index (χ2n) is 10.0. The number of thiazole rings is 1. The van der Waals surface area contributed by atoms with Crippen molar-refractivity contribution in [1.29, 1.82) is 0 Å². The topological polar surface area (TPSA) is 133 Å². The third kappa shape index (κ3) is 5.22. The van der Waals surface area contributed by atoms with Crippen LogP contribution in [0.4, 0.5) is 5.13 Å². The van der Waals surface area contributed by atoms with Gasteiger partial charge < -0.3 is 20.6 Å². The number of fused-ring (bicyclic) bond motifs is 1. The third-order valence-electron chi connectivity index (χ3n) is 7.51. The molecule has 3 aromatic carbocycles. The number of aromatic nitrogens is 1. The van der Waals surface area contributed by atoms with Crippen LogP contribution in [-0.2, 0) is 24.8 Å². The molecular formula is C32H27N5O5S2. The second kappa shape index (κ2) is 12.3. The molecule has 1 aromatic heterocycles. The Bertz CT molecular complexity index is 1650. The second-order valence-corrected chi connectivity index (χ2v) is 11.8. The van der Waals surface area contributed by atoms with E-state index < -0.39 is 35.4 Å². The maximum absolute atomic E-state index is 13.4. The predicted octanol–water partition coefficient (Wildman–Crippen LogP) is 4.27. The molecule has 12 heteroatoms. The number of carboxylic acid groups (broad SMARTS) is 1. The van der Waals surface area contributed by atoms with Crippen LogP contribution in [0.15, 0.2) is 113 Å². The van der Waals surface area contributed by atoms with E-state index >= 15 is 0 Å². The first-order valence-electron chi connectivity index (χ1n) is 13.6. The van der Waals surface area contributed by atoms with E-state index in [2.05, 4.69) is 52.2 Å². The summed E-state index contributed by atoms with van der Waals surface area (Å²) in [6, 6.07) is 28.8. The lowest BCUT2D eigenvalue weighted by atomic mass is 9.77. The van der Waals surface area contributed by atoms with Gasteiger partial charge in [-0.1, -0.05) is 96.2 Å². The highest BCUT2D eigenvalue weighted by Gasteiger charge is 2.52. The fourth-order valence-electron chi connectivity index (χ4n) is 5.49. The lowest BCUT2D eigenvalue weighted by Crippen LogP contribution is -2.72. The molecule has 0 bridgehead atoms. The molecule has 0 saturated carbocycles.